The number of hydrogen-bond acceptors (Lipinski definition) is 3. The number of fused-ring (bicyclic) bond motifs is 1. The first kappa shape index (κ1) is 6.34. The number of nitrogens with zero attached hydrogens (tertiary/aromatic N) is 2. The fourth-order valence-electron chi connectivity index (χ4n) is 1.18. The van der Waals surface area contributed by atoms with Crippen molar-refractivity contribution < 1.29 is 4.42 Å². The van der Waals surface area contributed by atoms with E-state index in [0.717, 1.165) is 22.6 Å². The van der Waals surface area contributed by atoms with E-state index in [0.29, 0.717) is 0 Å². The first-order valence-electron chi connectivity index (χ1n) is 3.46. The normalized spacial score (nSPS) is 10.7. The molecule has 0 aliphatic carbocycles. The second-order valence-corrected chi connectivity index (χ2v) is 2.47. The van der Waals surface area contributed by atoms with Gasteiger partial charge in [0.05, 0.1) is 0 Å². The summed E-state index contributed by atoms with van der Waals surface area (Å²) in [5, 5.41) is 0. The number of hydrogen-bond donors (Lipinski definition) is 0. The summed E-state index contributed by atoms with van der Waals surface area (Å²) in [4.78, 5) is 8.29. The second-order valence-electron chi connectivity index (χ2n) is 2.47. The molecule has 0 saturated heterocycles. The molecule has 0 bridgehead atoms. The summed E-state index contributed by atoms with van der Waals surface area (Å²) in [6, 6.07) is 0. The molecule has 56 valence electrons. The van der Waals surface area contributed by atoms with Crippen molar-refractivity contribution in [3.05, 3.63) is 23.9 Å². The molecule has 3 nitrogen and oxygen atoms in total. The van der Waals surface area contributed by atoms with Gasteiger partial charge in [0, 0.05) is 12.4 Å². The third-order valence-corrected chi connectivity index (χ3v) is 1.67. The van der Waals surface area contributed by atoms with E-state index in [2.05, 4.69) is 9.97 Å². The van der Waals surface area contributed by atoms with Crippen LogP contribution in [0, 0.1) is 13.8 Å². The zero-order valence-corrected chi connectivity index (χ0v) is 6.46. The van der Waals surface area contributed by atoms with Crippen LogP contribution in [0.15, 0.2) is 16.8 Å². The van der Waals surface area contributed by atoms with Crippen LogP contribution in [0.3, 0.4) is 0 Å². The molecule has 2 rings (SSSR count). The van der Waals surface area contributed by atoms with E-state index in [1.54, 1.807) is 12.4 Å². The number of furan rings is 1. The molecule has 0 radical (unpaired) electrons. The highest BCUT2D eigenvalue weighted by Crippen LogP contribution is 2.19. The Labute approximate surface area is 64.1 Å². The Kier molecular flexibility index (Phi) is 1.18. The highest BCUT2D eigenvalue weighted by atomic mass is 16.3. The third-order valence-electron chi connectivity index (χ3n) is 1.67. The molecule has 0 aliphatic rings. The van der Waals surface area contributed by atoms with Crippen LogP contribution in [0.25, 0.3) is 11.0 Å². The van der Waals surface area contributed by atoms with Crippen LogP contribution >= 0.6 is 0 Å². The topological polar surface area (TPSA) is 38.9 Å². The van der Waals surface area contributed by atoms with Gasteiger partial charge in [-0.3, -0.25) is 0 Å². The molecule has 11 heavy (non-hydrogen) atoms. The summed E-state index contributed by atoms with van der Waals surface area (Å²) in [7, 11) is 0. The SMILES string of the molecule is Cc1oc(C)c2nccnc12. The van der Waals surface area contributed by atoms with Crippen LogP contribution < -0.4 is 0 Å². The van der Waals surface area contributed by atoms with Crippen LogP contribution in [0.5, 0.6) is 0 Å². The Morgan fingerprint density at radius 1 is 1.00 bits per heavy atom. The predicted molar refractivity (Wildman–Crippen MR) is 41.3 cm³/mol. The Balaban J connectivity index is 2.95. The summed E-state index contributed by atoms with van der Waals surface area (Å²) in [6.45, 7) is 3.79. The minimum Gasteiger partial charge on any atom is -0.462 e. The summed E-state index contributed by atoms with van der Waals surface area (Å²) in [6.07, 6.45) is 3.34. The first-order chi connectivity index (χ1) is 5.29. The lowest BCUT2D eigenvalue weighted by molar-refractivity contribution is 0.509. The number of aryl methyl sites for hydroxylation is 2. The molecule has 0 amide bonds. The molecule has 0 aliphatic heterocycles. The van der Waals surface area contributed by atoms with Crippen molar-refractivity contribution in [3.8, 4) is 0 Å². The Morgan fingerprint density at radius 3 is 1.91 bits per heavy atom. The van der Waals surface area contributed by atoms with Gasteiger partial charge in [0.15, 0.2) is 0 Å². The van der Waals surface area contributed by atoms with Gasteiger partial charge in [0.1, 0.15) is 22.6 Å². The zero-order chi connectivity index (χ0) is 7.84. The Hall–Kier alpha value is -1.38. The average Bonchev–Trinajstić information content (AvgIpc) is 2.30. The number of aromatic nitrogens is 2. The third kappa shape index (κ3) is 0.808. The van der Waals surface area contributed by atoms with Crippen molar-refractivity contribution in [3.63, 3.8) is 0 Å². The van der Waals surface area contributed by atoms with E-state index in [9.17, 15) is 0 Å². The Bertz CT molecular complexity index is 356. The van der Waals surface area contributed by atoms with Gasteiger partial charge in [-0.05, 0) is 13.8 Å². The smallest absolute Gasteiger partial charge is 0.130 e. The van der Waals surface area contributed by atoms with Gasteiger partial charge in [-0.2, -0.15) is 0 Å². The lowest BCUT2D eigenvalue weighted by atomic mass is 10.3. The molecule has 0 N–H and O–H groups in total. The van der Waals surface area contributed by atoms with Gasteiger partial charge >= 0.3 is 0 Å². The highest BCUT2D eigenvalue weighted by Gasteiger charge is 2.06. The molecular formula is C8H8N2O. The molecule has 0 saturated carbocycles. The van der Waals surface area contributed by atoms with Crippen molar-refractivity contribution in [2.24, 2.45) is 0 Å². The van der Waals surface area contributed by atoms with Crippen LogP contribution in [-0.4, -0.2) is 9.97 Å². The molecule has 0 spiro atoms. The quantitative estimate of drug-likeness (QED) is 0.572. The standard InChI is InChI=1S/C8H8N2O/c1-5-7-8(6(2)11-5)10-4-3-9-7/h3-4H,1-2H3. The van der Waals surface area contributed by atoms with Gasteiger partial charge in [-0.1, -0.05) is 0 Å². The van der Waals surface area contributed by atoms with Gasteiger partial charge in [-0.25, -0.2) is 9.97 Å². The minimum absolute atomic E-state index is 0.839. The minimum atomic E-state index is 0.839. The number of rotatable bonds is 0. The monoisotopic (exact) mass is 148 g/mol. The lowest BCUT2D eigenvalue weighted by Crippen LogP contribution is -1.78. The summed E-state index contributed by atoms with van der Waals surface area (Å²) < 4.78 is 5.34. The highest BCUT2D eigenvalue weighted by molar-refractivity contribution is 5.78. The summed E-state index contributed by atoms with van der Waals surface area (Å²) in [5.41, 5.74) is 1.73. The largest absolute Gasteiger partial charge is 0.462 e. The second kappa shape index (κ2) is 2.05. The van der Waals surface area contributed by atoms with Gasteiger partial charge in [0.25, 0.3) is 0 Å². The average molecular weight is 148 g/mol. The molecule has 0 unspecified atom stereocenters. The Morgan fingerprint density at radius 2 is 1.45 bits per heavy atom. The maximum atomic E-state index is 5.34. The maximum Gasteiger partial charge on any atom is 0.130 e. The van der Waals surface area contributed by atoms with E-state index in [-0.39, 0.29) is 0 Å². The first-order valence-corrected chi connectivity index (χ1v) is 3.46. The van der Waals surface area contributed by atoms with Crippen LogP contribution in [0.1, 0.15) is 11.5 Å². The fraction of sp³-hybridized carbons (Fsp3) is 0.250. The lowest BCUT2D eigenvalue weighted by Gasteiger charge is -1.84. The van der Waals surface area contributed by atoms with Crippen LogP contribution in [0.4, 0.5) is 0 Å². The van der Waals surface area contributed by atoms with Crippen molar-refractivity contribution in [1.29, 1.82) is 0 Å². The van der Waals surface area contributed by atoms with Crippen LogP contribution in [0.2, 0.25) is 0 Å². The zero-order valence-electron chi connectivity index (χ0n) is 6.46. The molecule has 0 aromatic carbocycles. The van der Waals surface area contributed by atoms with E-state index in [1.807, 2.05) is 13.8 Å². The summed E-state index contributed by atoms with van der Waals surface area (Å²) in [5.74, 6) is 1.68. The van der Waals surface area contributed by atoms with Crippen LogP contribution in [-0.2, 0) is 0 Å². The van der Waals surface area contributed by atoms with Crippen molar-refractivity contribution in [2.45, 2.75) is 13.8 Å². The predicted octanol–water partition coefficient (Wildman–Crippen LogP) is 1.84. The van der Waals surface area contributed by atoms with Crippen molar-refractivity contribution >= 4 is 11.0 Å². The van der Waals surface area contributed by atoms with Crippen molar-refractivity contribution in [2.75, 3.05) is 0 Å². The molecule has 2 heterocycles. The van der Waals surface area contributed by atoms with E-state index in [4.69, 9.17) is 4.42 Å². The summed E-state index contributed by atoms with van der Waals surface area (Å²) >= 11 is 0. The van der Waals surface area contributed by atoms with E-state index >= 15 is 0 Å². The van der Waals surface area contributed by atoms with Gasteiger partial charge in [-0.15, -0.1) is 0 Å². The molecule has 2 aromatic heterocycles. The van der Waals surface area contributed by atoms with Gasteiger partial charge < -0.3 is 4.42 Å². The molecule has 2 aromatic rings. The molecule has 0 atom stereocenters. The fourth-order valence-corrected chi connectivity index (χ4v) is 1.18. The molecule has 0 fully saturated rings. The maximum absolute atomic E-state index is 5.34. The van der Waals surface area contributed by atoms with E-state index in [1.165, 1.54) is 0 Å². The molecule has 3 heteroatoms. The molecular weight excluding hydrogens is 140 g/mol. The van der Waals surface area contributed by atoms with Crippen molar-refractivity contribution in [1.82, 2.24) is 9.97 Å². The van der Waals surface area contributed by atoms with E-state index < -0.39 is 0 Å². The van der Waals surface area contributed by atoms with Gasteiger partial charge in [0.2, 0.25) is 0 Å².